The summed E-state index contributed by atoms with van der Waals surface area (Å²) in [5.41, 5.74) is 0.983. The fraction of sp³-hybridized carbons (Fsp3) is 0.462. The van der Waals surface area contributed by atoms with Crippen molar-refractivity contribution < 1.29 is 19.1 Å². The molecule has 1 rings (SSSR count). The number of ether oxygens (including phenoxy) is 2. The summed E-state index contributed by atoms with van der Waals surface area (Å²) in [6.45, 7) is 3.08. The number of carbonyl (C=O) groups excluding carboxylic acids is 1. The molecule has 5 heteroatoms. The zero-order chi connectivity index (χ0) is 13.2. The average molecular weight is 253 g/mol. The third-order valence-electron chi connectivity index (χ3n) is 2.27. The maximum absolute atomic E-state index is 11.1. The van der Waals surface area contributed by atoms with Crippen LogP contribution in [0.3, 0.4) is 0 Å². The largest absolute Gasteiger partial charge is 0.494 e. The van der Waals surface area contributed by atoms with E-state index in [2.05, 4.69) is 4.84 Å². The van der Waals surface area contributed by atoms with Gasteiger partial charge in [-0.05, 0) is 31.0 Å². The van der Waals surface area contributed by atoms with Crippen molar-refractivity contribution in [2.24, 2.45) is 5.90 Å². The van der Waals surface area contributed by atoms with Crippen molar-refractivity contribution in [2.75, 3.05) is 13.2 Å². The lowest BCUT2D eigenvalue weighted by Gasteiger charge is -2.06. The highest BCUT2D eigenvalue weighted by molar-refractivity contribution is 5.69. The third-order valence-corrected chi connectivity index (χ3v) is 2.27. The second kappa shape index (κ2) is 8.49. The normalized spacial score (nSPS) is 10.1. The fourth-order valence-corrected chi connectivity index (χ4v) is 1.42. The zero-order valence-corrected chi connectivity index (χ0v) is 10.6. The highest BCUT2D eigenvalue weighted by atomic mass is 16.6. The molecule has 18 heavy (non-hydrogen) atoms. The van der Waals surface area contributed by atoms with E-state index in [-0.39, 0.29) is 5.97 Å². The van der Waals surface area contributed by atoms with Gasteiger partial charge in [-0.25, -0.2) is 5.90 Å². The minimum atomic E-state index is -0.184. The van der Waals surface area contributed by atoms with Crippen LogP contribution in [0, 0.1) is 0 Å². The predicted octanol–water partition coefficient (Wildman–Crippen LogP) is 1.80. The Morgan fingerprint density at radius 3 is 2.61 bits per heavy atom. The first kappa shape index (κ1) is 14.5. The molecule has 0 aliphatic heterocycles. The molecule has 1 aromatic rings. The first-order chi connectivity index (χ1) is 8.76. The quantitative estimate of drug-likeness (QED) is 0.434. The van der Waals surface area contributed by atoms with Gasteiger partial charge in [0.2, 0.25) is 0 Å². The molecule has 0 fully saturated rings. The van der Waals surface area contributed by atoms with Crippen LogP contribution in [-0.2, 0) is 21.0 Å². The van der Waals surface area contributed by atoms with Gasteiger partial charge < -0.3 is 9.47 Å². The number of rotatable bonds is 8. The number of hydrogen-bond acceptors (Lipinski definition) is 5. The van der Waals surface area contributed by atoms with Gasteiger partial charge in [0.15, 0.2) is 0 Å². The van der Waals surface area contributed by atoms with Crippen LogP contribution in [0.4, 0.5) is 0 Å². The van der Waals surface area contributed by atoms with Crippen molar-refractivity contribution in [1.82, 2.24) is 0 Å². The van der Waals surface area contributed by atoms with Gasteiger partial charge in [-0.3, -0.25) is 9.63 Å². The lowest BCUT2D eigenvalue weighted by atomic mass is 10.2. The lowest BCUT2D eigenvalue weighted by Crippen LogP contribution is -2.06. The van der Waals surface area contributed by atoms with Gasteiger partial charge in [0.05, 0.1) is 19.8 Å². The molecular weight excluding hydrogens is 234 g/mol. The number of carbonyl (C=O) groups is 1. The Labute approximate surface area is 107 Å². The Kier molecular flexibility index (Phi) is 6.83. The average Bonchev–Trinajstić information content (AvgIpc) is 2.37. The Balaban J connectivity index is 2.21. The van der Waals surface area contributed by atoms with Crippen LogP contribution in [0.25, 0.3) is 0 Å². The van der Waals surface area contributed by atoms with Crippen LogP contribution in [-0.4, -0.2) is 19.2 Å². The van der Waals surface area contributed by atoms with Crippen molar-refractivity contribution >= 4 is 5.97 Å². The van der Waals surface area contributed by atoms with E-state index >= 15 is 0 Å². The molecule has 2 N–H and O–H groups in total. The Morgan fingerprint density at radius 2 is 2.00 bits per heavy atom. The van der Waals surface area contributed by atoms with Crippen molar-refractivity contribution in [3.05, 3.63) is 29.8 Å². The molecule has 100 valence electrons. The molecule has 0 bridgehead atoms. The van der Waals surface area contributed by atoms with Gasteiger partial charge in [0.1, 0.15) is 5.75 Å². The number of nitrogens with two attached hydrogens (primary N) is 1. The van der Waals surface area contributed by atoms with Crippen molar-refractivity contribution in [3.63, 3.8) is 0 Å². The van der Waals surface area contributed by atoms with E-state index < -0.39 is 0 Å². The Morgan fingerprint density at radius 1 is 1.28 bits per heavy atom. The Bertz CT molecular complexity index is 351. The first-order valence-electron chi connectivity index (χ1n) is 5.95. The molecule has 0 aromatic heterocycles. The monoisotopic (exact) mass is 253 g/mol. The van der Waals surface area contributed by atoms with Crippen LogP contribution in [0.15, 0.2) is 24.3 Å². The van der Waals surface area contributed by atoms with Gasteiger partial charge >= 0.3 is 5.97 Å². The number of hydrogen-bond donors (Lipinski definition) is 1. The zero-order valence-electron chi connectivity index (χ0n) is 10.6. The van der Waals surface area contributed by atoms with Gasteiger partial charge in [-0.2, -0.15) is 0 Å². The molecule has 0 heterocycles. The van der Waals surface area contributed by atoms with E-state index in [1.807, 2.05) is 24.3 Å². The summed E-state index contributed by atoms with van der Waals surface area (Å²) in [5.74, 6) is 5.55. The van der Waals surface area contributed by atoms with E-state index in [4.69, 9.17) is 15.4 Å². The van der Waals surface area contributed by atoms with E-state index in [1.165, 1.54) is 0 Å². The number of esters is 1. The second-order valence-electron chi connectivity index (χ2n) is 3.71. The van der Waals surface area contributed by atoms with Crippen LogP contribution in [0.5, 0.6) is 5.75 Å². The summed E-state index contributed by atoms with van der Waals surface area (Å²) in [6.07, 6.45) is 1.03. The van der Waals surface area contributed by atoms with Gasteiger partial charge in [-0.15, -0.1) is 0 Å². The topological polar surface area (TPSA) is 70.8 Å². The minimum Gasteiger partial charge on any atom is -0.494 e. The first-order valence-corrected chi connectivity index (χ1v) is 5.95. The summed E-state index contributed by atoms with van der Waals surface area (Å²) >= 11 is 0. The summed E-state index contributed by atoms with van der Waals surface area (Å²) in [6, 6.07) is 7.46. The molecule has 0 saturated heterocycles. The van der Waals surface area contributed by atoms with E-state index in [1.54, 1.807) is 6.92 Å². The highest BCUT2D eigenvalue weighted by Crippen LogP contribution is 2.13. The highest BCUT2D eigenvalue weighted by Gasteiger charge is 2.01. The maximum atomic E-state index is 11.1. The van der Waals surface area contributed by atoms with E-state index in [0.717, 1.165) is 11.3 Å². The molecule has 0 saturated carbocycles. The minimum absolute atomic E-state index is 0.184. The molecule has 0 spiro atoms. The van der Waals surface area contributed by atoms with E-state index in [9.17, 15) is 4.79 Å². The fourth-order valence-electron chi connectivity index (χ4n) is 1.42. The van der Waals surface area contributed by atoms with Crippen LogP contribution in [0.2, 0.25) is 0 Å². The van der Waals surface area contributed by atoms with Crippen LogP contribution in [0.1, 0.15) is 25.3 Å². The number of benzene rings is 1. The Hall–Kier alpha value is -1.59. The lowest BCUT2D eigenvalue weighted by molar-refractivity contribution is -0.143. The second-order valence-corrected chi connectivity index (χ2v) is 3.71. The summed E-state index contributed by atoms with van der Waals surface area (Å²) < 4.78 is 10.3. The molecule has 5 nitrogen and oxygen atoms in total. The van der Waals surface area contributed by atoms with Crippen molar-refractivity contribution in [3.8, 4) is 5.75 Å². The molecule has 0 aliphatic rings. The van der Waals surface area contributed by atoms with Crippen molar-refractivity contribution in [1.29, 1.82) is 0 Å². The molecule has 0 aliphatic carbocycles. The molecule has 0 atom stereocenters. The molecular formula is C13H19NO4. The smallest absolute Gasteiger partial charge is 0.305 e. The summed E-state index contributed by atoms with van der Waals surface area (Å²) in [4.78, 5) is 15.6. The summed E-state index contributed by atoms with van der Waals surface area (Å²) in [5, 5.41) is 0. The van der Waals surface area contributed by atoms with Crippen LogP contribution < -0.4 is 10.6 Å². The standard InChI is InChI=1S/C13H19NO4/c1-2-16-13(15)4-3-9-17-12-7-5-11(6-8-12)10-18-14/h5-8H,2-4,9-10,14H2,1H3. The summed E-state index contributed by atoms with van der Waals surface area (Å²) in [7, 11) is 0. The SMILES string of the molecule is CCOC(=O)CCCOc1ccc(CON)cc1. The predicted molar refractivity (Wildman–Crippen MR) is 66.8 cm³/mol. The molecule has 0 unspecified atom stereocenters. The third kappa shape index (κ3) is 5.65. The van der Waals surface area contributed by atoms with Gasteiger partial charge in [0.25, 0.3) is 0 Å². The van der Waals surface area contributed by atoms with Crippen LogP contribution >= 0.6 is 0 Å². The van der Waals surface area contributed by atoms with Gasteiger partial charge in [-0.1, -0.05) is 12.1 Å². The molecule has 1 aromatic carbocycles. The maximum Gasteiger partial charge on any atom is 0.305 e. The van der Waals surface area contributed by atoms with Gasteiger partial charge in [0, 0.05) is 6.42 Å². The van der Waals surface area contributed by atoms with Crippen molar-refractivity contribution in [2.45, 2.75) is 26.4 Å². The van der Waals surface area contributed by atoms with E-state index in [0.29, 0.717) is 32.7 Å². The molecule has 0 radical (unpaired) electrons. The molecule has 0 amide bonds.